The van der Waals surface area contributed by atoms with Gasteiger partial charge in [-0.25, -0.2) is 4.99 Å². The molecule has 3 aromatic carbocycles. The monoisotopic (exact) mass is 521 g/mol. The molecule has 0 radical (unpaired) electrons. The summed E-state index contributed by atoms with van der Waals surface area (Å²) in [5, 5.41) is 0.673. The Bertz CT molecular complexity index is 1530. The summed E-state index contributed by atoms with van der Waals surface area (Å²) in [4.78, 5) is 21.0. The zero-order valence-corrected chi connectivity index (χ0v) is 23.2. The van der Waals surface area contributed by atoms with Crippen molar-refractivity contribution in [3.63, 3.8) is 0 Å². The molecule has 0 aliphatic carbocycles. The van der Waals surface area contributed by atoms with Crippen LogP contribution in [0.5, 0.6) is 5.75 Å². The summed E-state index contributed by atoms with van der Waals surface area (Å²) in [5.74, 6) is 0.742. The number of aromatic nitrogens is 1. The van der Waals surface area contributed by atoms with E-state index in [0.29, 0.717) is 16.6 Å². The molecule has 0 unspecified atom stereocenters. The molecule has 1 saturated heterocycles. The van der Waals surface area contributed by atoms with Crippen LogP contribution in [0.15, 0.2) is 88.8 Å². The van der Waals surface area contributed by atoms with Crippen LogP contribution in [0.4, 0.5) is 5.69 Å². The van der Waals surface area contributed by atoms with E-state index in [2.05, 4.69) is 56.5 Å². The highest BCUT2D eigenvalue weighted by Gasteiger charge is 2.34. The molecule has 4 aromatic rings. The van der Waals surface area contributed by atoms with Gasteiger partial charge in [-0.1, -0.05) is 48.5 Å². The number of benzene rings is 3. The number of amides is 1. The quantitative estimate of drug-likeness (QED) is 0.247. The first-order valence-electron chi connectivity index (χ1n) is 12.6. The van der Waals surface area contributed by atoms with Gasteiger partial charge in [0.25, 0.3) is 5.91 Å². The van der Waals surface area contributed by atoms with E-state index in [1.54, 1.807) is 12.0 Å². The van der Waals surface area contributed by atoms with Crippen molar-refractivity contribution in [3.8, 4) is 11.4 Å². The second-order valence-electron chi connectivity index (χ2n) is 9.48. The largest absolute Gasteiger partial charge is 0.497 e. The Morgan fingerprint density at radius 2 is 1.58 bits per heavy atom. The van der Waals surface area contributed by atoms with Crippen molar-refractivity contribution in [1.29, 1.82) is 0 Å². The number of ether oxygens (including phenoxy) is 1. The Hall–Kier alpha value is -4.03. The minimum absolute atomic E-state index is 0.0441. The first-order valence-corrected chi connectivity index (χ1v) is 13.4. The normalized spacial score (nSPS) is 15.6. The fourth-order valence-electron chi connectivity index (χ4n) is 4.83. The number of aryl methyl sites for hydroxylation is 3. The molecule has 1 fully saturated rings. The van der Waals surface area contributed by atoms with Gasteiger partial charge in [0.1, 0.15) is 5.75 Å². The Morgan fingerprint density at radius 1 is 0.895 bits per heavy atom. The van der Waals surface area contributed by atoms with E-state index in [1.165, 1.54) is 28.6 Å². The molecule has 192 valence electrons. The zero-order chi connectivity index (χ0) is 26.8. The topological polar surface area (TPSA) is 46.8 Å². The highest BCUT2D eigenvalue weighted by atomic mass is 32.2. The number of methoxy groups -OCH3 is 1. The molecule has 0 bridgehead atoms. The van der Waals surface area contributed by atoms with Crippen molar-refractivity contribution in [2.75, 3.05) is 7.11 Å². The summed E-state index contributed by atoms with van der Waals surface area (Å²) in [6, 6.07) is 26.1. The minimum Gasteiger partial charge on any atom is -0.497 e. The molecule has 0 N–H and O–H groups in total. The molecule has 6 heteroatoms. The molecule has 1 amide bonds. The molecular weight excluding hydrogens is 490 g/mol. The highest BCUT2D eigenvalue weighted by Crippen LogP contribution is 2.37. The fraction of sp³-hybridized carbons (Fsp3) is 0.188. The van der Waals surface area contributed by atoms with Crippen LogP contribution in [0.25, 0.3) is 11.8 Å². The lowest BCUT2D eigenvalue weighted by atomic mass is 10.1. The molecule has 1 aromatic heterocycles. The van der Waals surface area contributed by atoms with Crippen molar-refractivity contribution < 1.29 is 9.53 Å². The number of hydrogen-bond donors (Lipinski definition) is 0. The van der Waals surface area contributed by atoms with Crippen LogP contribution < -0.4 is 4.74 Å². The van der Waals surface area contributed by atoms with E-state index < -0.39 is 0 Å². The lowest BCUT2D eigenvalue weighted by molar-refractivity contribution is -0.122. The van der Waals surface area contributed by atoms with Crippen molar-refractivity contribution >= 4 is 34.6 Å². The molecule has 2 heterocycles. The number of thioether (sulfide) groups is 1. The second kappa shape index (κ2) is 10.8. The van der Waals surface area contributed by atoms with Gasteiger partial charge in [-0.15, -0.1) is 0 Å². The van der Waals surface area contributed by atoms with E-state index in [9.17, 15) is 4.79 Å². The van der Waals surface area contributed by atoms with E-state index in [1.807, 2.05) is 60.7 Å². The predicted molar refractivity (Wildman–Crippen MR) is 157 cm³/mol. The number of para-hydroxylation sites is 2. The third-order valence-electron chi connectivity index (χ3n) is 6.79. The maximum atomic E-state index is 13.7. The van der Waals surface area contributed by atoms with Gasteiger partial charge in [0.15, 0.2) is 5.17 Å². The number of amidine groups is 1. The number of nitrogens with zero attached hydrogens (tertiary/aromatic N) is 3. The standard InChI is InChI=1S/C32H31N3O2S/c1-21-10-9-11-22(2)30(21)35-23(3)18-26(24(35)4)19-29-31(36)34(20-25-14-16-28(37-5)17-15-25)32(38-29)33-27-12-7-6-8-13-27/h6-19H,20H2,1-5H3/b29-19-,33-32?. The van der Waals surface area contributed by atoms with Gasteiger partial charge in [-0.3, -0.25) is 9.69 Å². The van der Waals surface area contributed by atoms with Crippen molar-refractivity contribution in [2.24, 2.45) is 4.99 Å². The van der Waals surface area contributed by atoms with Crippen LogP contribution in [-0.2, 0) is 11.3 Å². The van der Waals surface area contributed by atoms with Gasteiger partial charge >= 0.3 is 0 Å². The van der Waals surface area contributed by atoms with E-state index in [0.717, 1.165) is 34.0 Å². The Kier molecular flexibility index (Phi) is 7.25. The lowest BCUT2D eigenvalue weighted by Crippen LogP contribution is -2.28. The third-order valence-corrected chi connectivity index (χ3v) is 7.80. The Labute approximate surface area is 228 Å². The molecule has 0 saturated carbocycles. The van der Waals surface area contributed by atoms with E-state index >= 15 is 0 Å². The second-order valence-corrected chi connectivity index (χ2v) is 10.5. The maximum absolute atomic E-state index is 13.7. The van der Waals surface area contributed by atoms with Crippen LogP contribution in [-0.4, -0.2) is 27.7 Å². The van der Waals surface area contributed by atoms with E-state index in [-0.39, 0.29) is 5.91 Å². The molecule has 1 aliphatic heterocycles. The van der Waals surface area contributed by atoms with Crippen LogP contribution in [0, 0.1) is 27.7 Å². The number of rotatable bonds is 6. The first-order chi connectivity index (χ1) is 18.4. The highest BCUT2D eigenvalue weighted by molar-refractivity contribution is 8.18. The van der Waals surface area contributed by atoms with E-state index in [4.69, 9.17) is 9.73 Å². The zero-order valence-electron chi connectivity index (χ0n) is 22.4. The number of aliphatic imine (C=N–C) groups is 1. The van der Waals surface area contributed by atoms with Crippen molar-refractivity contribution in [3.05, 3.63) is 117 Å². The smallest absolute Gasteiger partial charge is 0.267 e. The molecule has 38 heavy (non-hydrogen) atoms. The average molecular weight is 522 g/mol. The Morgan fingerprint density at radius 3 is 2.24 bits per heavy atom. The van der Waals surface area contributed by atoms with Gasteiger partial charge in [-0.2, -0.15) is 0 Å². The summed E-state index contributed by atoms with van der Waals surface area (Å²) in [5.41, 5.74) is 8.75. The molecule has 5 nitrogen and oxygen atoms in total. The summed E-state index contributed by atoms with van der Waals surface area (Å²) >= 11 is 1.42. The summed E-state index contributed by atoms with van der Waals surface area (Å²) < 4.78 is 7.58. The van der Waals surface area contributed by atoms with Crippen LogP contribution >= 0.6 is 11.8 Å². The summed E-state index contributed by atoms with van der Waals surface area (Å²) in [6.45, 7) is 8.94. The van der Waals surface area contributed by atoms with Crippen molar-refractivity contribution in [2.45, 2.75) is 34.2 Å². The lowest BCUT2D eigenvalue weighted by Gasteiger charge is -2.16. The van der Waals surface area contributed by atoms with Crippen LogP contribution in [0.2, 0.25) is 0 Å². The van der Waals surface area contributed by atoms with Crippen molar-refractivity contribution in [1.82, 2.24) is 9.47 Å². The minimum atomic E-state index is -0.0441. The van der Waals surface area contributed by atoms with Crippen LogP contribution in [0.3, 0.4) is 0 Å². The molecular formula is C32H31N3O2S. The van der Waals surface area contributed by atoms with Gasteiger partial charge in [0.2, 0.25) is 0 Å². The number of hydrogen-bond acceptors (Lipinski definition) is 4. The molecule has 5 rings (SSSR count). The molecule has 1 aliphatic rings. The van der Waals surface area contributed by atoms with Crippen LogP contribution in [0.1, 0.15) is 33.6 Å². The van der Waals surface area contributed by atoms with Gasteiger partial charge in [0.05, 0.1) is 29.9 Å². The first kappa shape index (κ1) is 25.6. The third kappa shape index (κ3) is 5.04. The Balaban J connectivity index is 1.53. The SMILES string of the molecule is COc1ccc(CN2C(=O)/C(=C/c3cc(C)n(-c4c(C)cccc4C)c3C)SC2=Nc2ccccc2)cc1. The van der Waals surface area contributed by atoms with Gasteiger partial charge in [-0.05, 0) is 98.1 Å². The molecule has 0 spiro atoms. The average Bonchev–Trinajstić information content (AvgIpc) is 3.35. The number of carbonyl (C=O) groups excluding carboxylic acids is 1. The maximum Gasteiger partial charge on any atom is 0.267 e. The fourth-order valence-corrected chi connectivity index (χ4v) is 5.82. The van der Waals surface area contributed by atoms with Gasteiger partial charge in [0, 0.05) is 11.4 Å². The number of carbonyl (C=O) groups is 1. The summed E-state index contributed by atoms with van der Waals surface area (Å²) in [6.07, 6.45) is 2.01. The molecule has 0 atom stereocenters. The van der Waals surface area contributed by atoms with Gasteiger partial charge < -0.3 is 9.30 Å². The summed E-state index contributed by atoms with van der Waals surface area (Å²) in [7, 11) is 1.65. The predicted octanol–water partition coefficient (Wildman–Crippen LogP) is 7.52.